The summed E-state index contributed by atoms with van der Waals surface area (Å²) in [6.45, 7) is 1.59. The zero-order valence-electron chi connectivity index (χ0n) is 24.1. The first kappa shape index (κ1) is 29.6. The van der Waals surface area contributed by atoms with Crippen molar-refractivity contribution in [2.24, 2.45) is 0 Å². The Labute approximate surface area is 238 Å². The maximum atomic E-state index is 13.0. The molecule has 1 aliphatic rings. The van der Waals surface area contributed by atoms with Gasteiger partial charge >= 0.3 is 5.97 Å². The van der Waals surface area contributed by atoms with Crippen molar-refractivity contribution in [1.82, 2.24) is 4.90 Å². The van der Waals surface area contributed by atoms with Crippen molar-refractivity contribution in [2.75, 3.05) is 49.2 Å². The van der Waals surface area contributed by atoms with E-state index in [1.165, 1.54) is 34.5 Å². The number of hydrogen-bond donors (Lipinski definition) is 1. The summed E-state index contributed by atoms with van der Waals surface area (Å²) < 4.78 is 38.5. The van der Waals surface area contributed by atoms with E-state index < -0.39 is 23.1 Å². The average molecular weight is 570 g/mol. The van der Waals surface area contributed by atoms with Gasteiger partial charge in [-0.05, 0) is 35.7 Å². The predicted octanol–water partition coefficient (Wildman–Crippen LogP) is 3.64. The fourth-order valence-corrected chi connectivity index (χ4v) is 5.16. The highest BCUT2D eigenvalue weighted by molar-refractivity contribution is 5.72. The fourth-order valence-electron chi connectivity index (χ4n) is 5.16. The largest absolute Gasteiger partial charge is 0.502 e. The molecule has 0 fully saturated rings. The molecule has 220 valence electrons. The summed E-state index contributed by atoms with van der Waals surface area (Å²) in [5, 5.41) is 10.9. The van der Waals surface area contributed by atoms with Gasteiger partial charge in [-0.1, -0.05) is 6.07 Å². The summed E-state index contributed by atoms with van der Waals surface area (Å²) >= 11 is 0. The number of benzene rings is 2. The molecule has 1 N–H and O–H groups in total. The van der Waals surface area contributed by atoms with E-state index in [0.29, 0.717) is 54.0 Å². The number of ether oxygens (including phenoxy) is 6. The van der Waals surface area contributed by atoms with Crippen LogP contribution in [0.1, 0.15) is 40.5 Å². The Balaban J connectivity index is 1.73. The monoisotopic (exact) mass is 569 g/mol. The van der Waals surface area contributed by atoms with Crippen molar-refractivity contribution in [3.05, 3.63) is 68.8 Å². The Bertz CT molecular complexity index is 1460. The third kappa shape index (κ3) is 6.04. The van der Waals surface area contributed by atoms with Crippen molar-refractivity contribution in [1.29, 1.82) is 0 Å². The molecule has 2 aromatic carbocycles. The summed E-state index contributed by atoms with van der Waals surface area (Å²) in [6.07, 6.45) is 0.527. The summed E-state index contributed by atoms with van der Waals surface area (Å²) in [7, 11) is 8.85. The zero-order valence-corrected chi connectivity index (χ0v) is 24.1. The molecular formula is C30H35NO10. The van der Waals surface area contributed by atoms with Crippen molar-refractivity contribution < 1.29 is 42.7 Å². The maximum absolute atomic E-state index is 13.0. The SMILES string of the molecule is COC(=O)C[C@@H](c1ccc(OC)c(OC)c1OC)c1oc(CN2CCc3cc(OC)c(OC)cc3C2)cc(=O)c1O. The van der Waals surface area contributed by atoms with E-state index in [1.807, 2.05) is 12.1 Å². The van der Waals surface area contributed by atoms with Crippen LogP contribution < -0.4 is 29.1 Å². The van der Waals surface area contributed by atoms with Crippen molar-refractivity contribution in [2.45, 2.75) is 31.8 Å². The van der Waals surface area contributed by atoms with Crippen LogP contribution in [0.25, 0.3) is 0 Å². The number of fused-ring (bicyclic) bond motifs is 1. The third-order valence-corrected chi connectivity index (χ3v) is 7.20. The van der Waals surface area contributed by atoms with Crippen LogP contribution in [-0.4, -0.2) is 65.2 Å². The van der Waals surface area contributed by atoms with Gasteiger partial charge in [0.1, 0.15) is 5.76 Å². The van der Waals surface area contributed by atoms with Gasteiger partial charge in [-0.15, -0.1) is 0 Å². The van der Waals surface area contributed by atoms with Crippen LogP contribution in [0, 0.1) is 0 Å². The first-order chi connectivity index (χ1) is 19.8. The van der Waals surface area contributed by atoms with Crippen LogP contribution in [0.2, 0.25) is 0 Å². The number of carbonyl (C=O) groups is 1. The summed E-state index contributed by atoms with van der Waals surface area (Å²) in [5.74, 6) is 0.444. The highest BCUT2D eigenvalue weighted by Crippen LogP contribution is 2.46. The number of aromatic hydroxyl groups is 1. The molecule has 4 rings (SSSR count). The van der Waals surface area contributed by atoms with E-state index in [9.17, 15) is 14.7 Å². The molecule has 1 aromatic heterocycles. The minimum absolute atomic E-state index is 0.0766. The lowest BCUT2D eigenvalue weighted by molar-refractivity contribution is -0.140. The number of rotatable bonds is 11. The van der Waals surface area contributed by atoms with Gasteiger partial charge in [0.05, 0.1) is 61.5 Å². The molecule has 0 radical (unpaired) electrons. The zero-order chi connectivity index (χ0) is 29.7. The van der Waals surface area contributed by atoms with Crippen LogP contribution in [0.3, 0.4) is 0 Å². The molecule has 0 spiro atoms. The Hall–Kier alpha value is -4.38. The maximum Gasteiger partial charge on any atom is 0.306 e. The number of hydrogen-bond acceptors (Lipinski definition) is 11. The van der Waals surface area contributed by atoms with E-state index in [4.69, 9.17) is 32.8 Å². The minimum atomic E-state index is -0.927. The highest BCUT2D eigenvalue weighted by Gasteiger charge is 2.32. The molecule has 0 aliphatic carbocycles. The van der Waals surface area contributed by atoms with Gasteiger partial charge in [-0.2, -0.15) is 0 Å². The minimum Gasteiger partial charge on any atom is -0.502 e. The van der Waals surface area contributed by atoms with Crippen LogP contribution in [0.4, 0.5) is 0 Å². The van der Waals surface area contributed by atoms with Crippen molar-refractivity contribution >= 4 is 5.97 Å². The van der Waals surface area contributed by atoms with Gasteiger partial charge in [0.25, 0.3) is 0 Å². The molecule has 11 nitrogen and oxygen atoms in total. The topological polar surface area (TPSA) is 126 Å². The Morgan fingerprint density at radius 2 is 1.56 bits per heavy atom. The molecule has 2 heterocycles. The fraction of sp³-hybridized carbons (Fsp3) is 0.400. The Morgan fingerprint density at radius 3 is 2.17 bits per heavy atom. The first-order valence-electron chi connectivity index (χ1n) is 13.0. The number of methoxy groups -OCH3 is 6. The molecule has 0 amide bonds. The predicted molar refractivity (Wildman–Crippen MR) is 149 cm³/mol. The number of carbonyl (C=O) groups excluding carboxylic acids is 1. The second kappa shape index (κ2) is 12.9. The standard InChI is InChI=1S/C30H35NO10/c1-35-23-8-7-20(29(39-5)30(23)40-6)21(14-26(33)38-4)28-27(34)22(32)13-19(41-28)16-31-10-9-17-11-24(36-2)25(37-3)12-18(17)15-31/h7-8,11-13,21,34H,9-10,14-16H2,1-6H3/t21-/m0/s1. The molecule has 0 unspecified atom stereocenters. The van der Waals surface area contributed by atoms with Gasteiger partial charge in [0.15, 0.2) is 28.8 Å². The highest BCUT2D eigenvalue weighted by atomic mass is 16.5. The average Bonchev–Trinajstić information content (AvgIpc) is 2.99. The lowest BCUT2D eigenvalue weighted by atomic mass is 9.90. The number of esters is 1. The van der Waals surface area contributed by atoms with Crippen LogP contribution >= 0.6 is 0 Å². The second-order valence-corrected chi connectivity index (χ2v) is 9.48. The van der Waals surface area contributed by atoms with Crippen molar-refractivity contribution in [3.8, 4) is 34.5 Å². The molecule has 11 heteroatoms. The Kier molecular flexibility index (Phi) is 9.28. The normalized spacial score (nSPS) is 13.6. The molecule has 0 saturated carbocycles. The van der Waals surface area contributed by atoms with Gasteiger partial charge < -0.3 is 37.9 Å². The molecular weight excluding hydrogens is 534 g/mol. The molecule has 3 aromatic rings. The van der Waals surface area contributed by atoms with Gasteiger partial charge in [0, 0.05) is 24.7 Å². The van der Waals surface area contributed by atoms with Gasteiger partial charge in [0.2, 0.25) is 16.9 Å². The van der Waals surface area contributed by atoms with E-state index in [1.54, 1.807) is 26.4 Å². The molecule has 0 saturated heterocycles. The van der Waals surface area contributed by atoms with Crippen LogP contribution in [0.5, 0.6) is 34.5 Å². The van der Waals surface area contributed by atoms with Crippen LogP contribution in [0.15, 0.2) is 39.5 Å². The van der Waals surface area contributed by atoms with Crippen molar-refractivity contribution in [3.63, 3.8) is 0 Å². The van der Waals surface area contributed by atoms with E-state index in [-0.39, 0.29) is 17.9 Å². The summed E-state index contributed by atoms with van der Waals surface area (Å²) in [5.41, 5.74) is 2.05. The quantitative estimate of drug-likeness (QED) is 0.340. The molecule has 1 atom stereocenters. The second-order valence-electron chi connectivity index (χ2n) is 9.48. The lowest BCUT2D eigenvalue weighted by Gasteiger charge is -2.29. The van der Waals surface area contributed by atoms with Gasteiger partial charge in [-0.3, -0.25) is 14.5 Å². The third-order valence-electron chi connectivity index (χ3n) is 7.20. The Morgan fingerprint density at radius 1 is 0.902 bits per heavy atom. The van der Waals surface area contributed by atoms with E-state index in [2.05, 4.69) is 4.90 Å². The molecule has 1 aliphatic heterocycles. The van der Waals surface area contributed by atoms with Gasteiger partial charge in [-0.25, -0.2) is 0 Å². The summed E-state index contributed by atoms with van der Waals surface area (Å²) in [6, 6.07) is 8.52. The first-order valence-corrected chi connectivity index (χ1v) is 13.0. The van der Waals surface area contributed by atoms with E-state index in [0.717, 1.165) is 17.5 Å². The van der Waals surface area contributed by atoms with E-state index >= 15 is 0 Å². The summed E-state index contributed by atoms with van der Waals surface area (Å²) in [4.78, 5) is 27.6. The molecule has 0 bridgehead atoms. The smallest absolute Gasteiger partial charge is 0.306 e. The molecule has 41 heavy (non-hydrogen) atoms. The number of nitrogens with zero attached hydrogens (tertiary/aromatic N) is 1. The van der Waals surface area contributed by atoms with Crippen LogP contribution in [-0.2, 0) is 29.0 Å². The lowest BCUT2D eigenvalue weighted by Crippen LogP contribution is -2.30.